The fourth-order valence-electron chi connectivity index (χ4n) is 1.35. The lowest BCUT2D eigenvalue weighted by Crippen LogP contribution is -2.22. The second kappa shape index (κ2) is 4.46. The lowest BCUT2D eigenvalue weighted by molar-refractivity contribution is 0.594. The first kappa shape index (κ1) is 12.1. The molecule has 0 fully saturated rings. The fraction of sp³-hybridized carbons (Fsp3) is 0.111. The van der Waals surface area contributed by atoms with Crippen LogP contribution < -0.4 is 4.83 Å². The highest BCUT2D eigenvalue weighted by atomic mass is 79.9. The highest BCUT2D eigenvalue weighted by molar-refractivity contribution is 9.10. The Labute approximate surface area is 107 Å². The molecular weight excluding hydrogens is 308 g/mol. The summed E-state index contributed by atoms with van der Waals surface area (Å²) in [7, 11) is -3.62. The van der Waals surface area contributed by atoms with Crippen molar-refractivity contribution < 1.29 is 8.42 Å². The number of hydrogen-bond donors (Lipinski definition) is 1. The zero-order chi connectivity index (χ0) is 12.5. The number of nitrogens with one attached hydrogen (secondary N) is 1. The third-order valence-electron chi connectivity index (χ3n) is 2.07. The predicted molar refractivity (Wildman–Crippen MR) is 65.4 cm³/mol. The minimum Gasteiger partial charge on any atom is -0.221 e. The average Bonchev–Trinajstić information content (AvgIpc) is 2.68. The molecule has 2 aromatic rings. The van der Waals surface area contributed by atoms with E-state index in [0.717, 1.165) is 4.47 Å². The maximum absolute atomic E-state index is 12.0. The lowest BCUT2D eigenvalue weighted by atomic mass is 10.2. The van der Waals surface area contributed by atoms with E-state index in [1.165, 1.54) is 23.4 Å². The first-order valence-corrected chi connectivity index (χ1v) is 6.90. The van der Waals surface area contributed by atoms with Gasteiger partial charge in [-0.1, -0.05) is 15.9 Å². The quantitative estimate of drug-likeness (QED) is 0.925. The monoisotopic (exact) mass is 316 g/mol. The first-order chi connectivity index (χ1) is 7.99. The molecule has 0 atom stereocenters. The molecular formula is C9H9BrN4O2S. The van der Waals surface area contributed by atoms with Crippen LogP contribution in [0.25, 0.3) is 0 Å². The molecule has 0 saturated carbocycles. The smallest absolute Gasteiger partial charge is 0.221 e. The lowest BCUT2D eigenvalue weighted by Gasteiger charge is -2.10. The normalized spacial score (nSPS) is 11.4. The Morgan fingerprint density at radius 1 is 1.29 bits per heavy atom. The van der Waals surface area contributed by atoms with Crippen LogP contribution in [-0.4, -0.2) is 23.3 Å². The number of benzene rings is 1. The number of aromatic nitrogens is 3. The van der Waals surface area contributed by atoms with Gasteiger partial charge in [0.25, 0.3) is 10.0 Å². The van der Waals surface area contributed by atoms with Gasteiger partial charge in [0, 0.05) is 4.47 Å². The minimum atomic E-state index is -3.62. The predicted octanol–water partition coefficient (Wildman–Crippen LogP) is 1.28. The Morgan fingerprint density at radius 2 is 1.94 bits per heavy atom. The largest absolute Gasteiger partial charge is 0.275 e. The SMILES string of the molecule is Cc1cc(Br)ccc1S(=O)(=O)Nn1cnnc1. The van der Waals surface area contributed by atoms with E-state index >= 15 is 0 Å². The molecule has 0 bridgehead atoms. The Hall–Kier alpha value is -1.41. The van der Waals surface area contributed by atoms with E-state index in [2.05, 4.69) is 31.0 Å². The molecule has 6 nitrogen and oxygen atoms in total. The van der Waals surface area contributed by atoms with Crippen molar-refractivity contribution in [1.29, 1.82) is 0 Å². The van der Waals surface area contributed by atoms with Crippen molar-refractivity contribution in [2.45, 2.75) is 11.8 Å². The molecule has 0 spiro atoms. The molecule has 1 N–H and O–H groups in total. The fourth-order valence-corrected chi connectivity index (χ4v) is 3.03. The van der Waals surface area contributed by atoms with Crippen molar-refractivity contribution in [3.8, 4) is 0 Å². The maximum atomic E-state index is 12.0. The Bertz CT molecular complexity index is 624. The molecule has 1 aromatic heterocycles. The van der Waals surface area contributed by atoms with Crippen molar-refractivity contribution >= 4 is 26.0 Å². The molecule has 0 aliphatic rings. The summed E-state index contributed by atoms with van der Waals surface area (Å²) in [5.41, 5.74) is 0.653. The Balaban J connectivity index is 2.38. The summed E-state index contributed by atoms with van der Waals surface area (Å²) in [6, 6.07) is 4.94. The summed E-state index contributed by atoms with van der Waals surface area (Å²) >= 11 is 3.28. The third kappa shape index (κ3) is 2.64. The Kier molecular flexibility index (Phi) is 3.16. The van der Waals surface area contributed by atoms with Crippen molar-refractivity contribution in [3.05, 3.63) is 40.9 Å². The first-order valence-electron chi connectivity index (χ1n) is 4.63. The second-order valence-corrected chi connectivity index (χ2v) is 5.92. The topological polar surface area (TPSA) is 76.9 Å². The van der Waals surface area contributed by atoms with E-state index in [1.54, 1.807) is 19.1 Å². The molecule has 1 aromatic carbocycles. The molecule has 0 amide bonds. The van der Waals surface area contributed by atoms with Crippen molar-refractivity contribution in [3.63, 3.8) is 0 Å². The molecule has 17 heavy (non-hydrogen) atoms. The van der Waals surface area contributed by atoms with Crippen LogP contribution in [0.1, 0.15) is 5.56 Å². The van der Waals surface area contributed by atoms with Crippen LogP contribution in [0.5, 0.6) is 0 Å². The van der Waals surface area contributed by atoms with E-state index in [-0.39, 0.29) is 4.90 Å². The van der Waals surface area contributed by atoms with Crippen LogP contribution in [0.2, 0.25) is 0 Å². The molecule has 90 valence electrons. The number of halogens is 1. The number of sulfonamides is 1. The third-order valence-corrected chi connectivity index (χ3v) is 4.05. The highest BCUT2D eigenvalue weighted by Gasteiger charge is 2.16. The number of aryl methyl sites for hydroxylation is 1. The number of rotatable bonds is 3. The van der Waals surface area contributed by atoms with E-state index in [0.29, 0.717) is 5.56 Å². The van der Waals surface area contributed by atoms with Gasteiger partial charge in [-0.3, -0.25) is 0 Å². The van der Waals surface area contributed by atoms with Gasteiger partial charge in [0.05, 0.1) is 4.90 Å². The molecule has 1 heterocycles. The van der Waals surface area contributed by atoms with Crippen molar-refractivity contribution in [1.82, 2.24) is 14.9 Å². The van der Waals surface area contributed by atoms with Crippen molar-refractivity contribution in [2.24, 2.45) is 0 Å². The summed E-state index contributed by atoms with van der Waals surface area (Å²) in [5, 5.41) is 7.03. The molecule has 2 rings (SSSR count). The van der Waals surface area contributed by atoms with E-state index in [4.69, 9.17) is 0 Å². The van der Waals surface area contributed by atoms with Crippen molar-refractivity contribution in [2.75, 3.05) is 4.83 Å². The van der Waals surface area contributed by atoms with Gasteiger partial charge in [-0.25, -0.2) is 9.51 Å². The van der Waals surface area contributed by atoms with Gasteiger partial charge in [0.15, 0.2) is 0 Å². The van der Waals surface area contributed by atoms with Gasteiger partial charge in [0.2, 0.25) is 0 Å². The Morgan fingerprint density at radius 3 is 2.53 bits per heavy atom. The molecule has 8 heteroatoms. The minimum absolute atomic E-state index is 0.217. The molecule has 0 aliphatic carbocycles. The van der Waals surface area contributed by atoms with Crippen LogP contribution in [0.3, 0.4) is 0 Å². The van der Waals surface area contributed by atoms with Gasteiger partial charge in [-0.2, -0.15) is 8.42 Å². The summed E-state index contributed by atoms with van der Waals surface area (Å²) in [5.74, 6) is 0. The number of hydrogen-bond acceptors (Lipinski definition) is 4. The second-order valence-electron chi connectivity index (χ2n) is 3.37. The number of nitrogens with zero attached hydrogens (tertiary/aromatic N) is 3. The standard InChI is InChI=1S/C9H9BrN4O2S/c1-7-4-8(10)2-3-9(7)17(15,16)13-14-5-11-12-6-14/h2-6,13H,1H3. The molecule has 0 radical (unpaired) electrons. The highest BCUT2D eigenvalue weighted by Crippen LogP contribution is 2.20. The van der Waals surface area contributed by atoms with E-state index < -0.39 is 10.0 Å². The van der Waals surface area contributed by atoms with E-state index in [9.17, 15) is 8.42 Å². The van der Waals surface area contributed by atoms with Crippen LogP contribution >= 0.6 is 15.9 Å². The van der Waals surface area contributed by atoms with Crippen LogP contribution in [0.4, 0.5) is 0 Å². The molecule has 0 unspecified atom stereocenters. The van der Waals surface area contributed by atoms with E-state index in [1.807, 2.05) is 0 Å². The molecule has 0 aliphatic heterocycles. The summed E-state index contributed by atoms with van der Waals surface area (Å²) in [6.07, 6.45) is 2.54. The van der Waals surface area contributed by atoms with Crippen LogP contribution in [0, 0.1) is 6.92 Å². The summed E-state index contributed by atoms with van der Waals surface area (Å²) in [4.78, 5) is 2.54. The van der Waals surface area contributed by atoms with Crippen LogP contribution in [0.15, 0.2) is 40.2 Å². The zero-order valence-corrected chi connectivity index (χ0v) is 11.2. The maximum Gasteiger partial charge on any atom is 0.275 e. The van der Waals surface area contributed by atoms with Gasteiger partial charge in [-0.05, 0) is 30.7 Å². The molecule has 0 saturated heterocycles. The van der Waals surface area contributed by atoms with Gasteiger partial charge < -0.3 is 0 Å². The summed E-state index contributed by atoms with van der Waals surface area (Å²) in [6.45, 7) is 1.73. The van der Waals surface area contributed by atoms with Crippen LogP contribution in [-0.2, 0) is 10.0 Å². The van der Waals surface area contributed by atoms with Gasteiger partial charge in [-0.15, -0.1) is 10.2 Å². The van der Waals surface area contributed by atoms with Gasteiger partial charge >= 0.3 is 0 Å². The summed E-state index contributed by atoms with van der Waals surface area (Å²) < 4.78 is 26.1. The zero-order valence-electron chi connectivity index (χ0n) is 8.83. The van der Waals surface area contributed by atoms with Gasteiger partial charge in [0.1, 0.15) is 12.7 Å². The average molecular weight is 317 g/mol.